The quantitative estimate of drug-likeness (QED) is 0.748. The first kappa shape index (κ1) is 15.7. The van der Waals surface area contributed by atoms with Crippen molar-refractivity contribution in [3.05, 3.63) is 55.5 Å². The van der Waals surface area contributed by atoms with E-state index >= 15 is 0 Å². The monoisotopic (exact) mass is 307 g/mol. The van der Waals surface area contributed by atoms with E-state index in [1.54, 1.807) is 22.1 Å². The van der Waals surface area contributed by atoms with Gasteiger partial charge in [0.25, 0.3) is 5.56 Å². The van der Waals surface area contributed by atoms with Crippen molar-refractivity contribution in [2.24, 2.45) is 0 Å². The maximum atomic E-state index is 12.1. The molecule has 2 aromatic heterocycles. The lowest BCUT2D eigenvalue weighted by molar-refractivity contribution is 0.521. The number of rotatable bonds is 8. The Balaban J connectivity index is 1.86. The number of thiophene rings is 1. The van der Waals surface area contributed by atoms with Crippen molar-refractivity contribution in [2.75, 3.05) is 13.1 Å². The molecule has 0 atom stereocenters. The summed E-state index contributed by atoms with van der Waals surface area (Å²) in [5.74, 6) is 0. The van der Waals surface area contributed by atoms with E-state index in [1.807, 2.05) is 6.92 Å². The Labute approximate surface area is 127 Å². The Hall–Kier alpha value is -1.66. The third kappa shape index (κ3) is 4.41. The van der Waals surface area contributed by atoms with Crippen molar-refractivity contribution >= 4 is 11.3 Å². The summed E-state index contributed by atoms with van der Waals surface area (Å²) in [6, 6.07) is 3.57. The SMILES string of the molecule is CCCn1ccc(=O)n(CCNCCc2ccsc2)c1=O. The van der Waals surface area contributed by atoms with E-state index in [0.29, 0.717) is 19.6 Å². The molecule has 0 aliphatic rings. The molecule has 5 nitrogen and oxygen atoms in total. The van der Waals surface area contributed by atoms with Crippen LogP contribution in [0, 0.1) is 0 Å². The average Bonchev–Trinajstić information content (AvgIpc) is 2.98. The smallest absolute Gasteiger partial charge is 0.315 e. The number of nitrogens with zero attached hydrogens (tertiary/aromatic N) is 2. The number of hydrogen-bond donors (Lipinski definition) is 1. The third-order valence-corrected chi connectivity index (χ3v) is 4.02. The third-order valence-electron chi connectivity index (χ3n) is 3.29. The fourth-order valence-electron chi connectivity index (χ4n) is 2.16. The highest BCUT2D eigenvalue weighted by Crippen LogP contribution is 2.05. The molecule has 0 fully saturated rings. The van der Waals surface area contributed by atoms with Gasteiger partial charge in [-0.05, 0) is 41.8 Å². The van der Waals surface area contributed by atoms with Gasteiger partial charge >= 0.3 is 5.69 Å². The lowest BCUT2D eigenvalue weighted by Gasteiger charge is -2.09. The molecule has 0 saturated carbocycles. The Kier molecular flexibility index (Phi) is 5.95. The molecule has 6 heteroatoms. The molecular weight excluding hydrogens is 286 g/mol. The van der Waals surface area contributed by atoms with E-state index in [0.717, 1.165) is 19.4 Å². The summed E-state index contributed by atoms with van der Waals surface area (Å²) >= 11 is 1.69. The Morgan fingerprint density at radius 1 is 1.19 bits per heavy atom. The molecule has 0 aliphatic carbocycles. The second-order valence-corrected chi connectivity index (χ2v) is 5.69. The first-order valence-electron chi connectivity index (χ1n) is 7.24. The Bertz CT molecular complexity index is 658. The average molecular weight is 307 g/mol. The number of hydrogen-bond acceptors (Lipinski definition) is 4. The van der Waals surface area contributed by atoms with Gasteiger partial charge in [-0.1, -0.05) is 6.92 Å². The van der Waals surface area contributed by atoms with Gasteiger partial charge in [-0.2, -0.15) is 11.3 Å². The first-order chi connectivity index (χ1) is 10.2. The van der Waals surface area contributed by atoms with Gasteiger partial charge in [0.05, 0.1) is 0 Å². The van der Waals surface area contributed by atoms with Gasteiger partial charge in [0.2, 0.25) is 0 Å². The maximum absolute atomic E-state index is 12.1. The zero-order valence-corrected chi connectivity index (χ0v) is 13.1. The summed E-state index contributed by atoms with van der Waals surface area (Å²) in [6.45, 7) is 4.53. The summed E-state index contributed by atoms with van der Waals surface area (Å²) in [6.07, 6.45) is 3.42. The van der Waals surface area contributed by atoms with E-state index in [4.69, 9.17) is 0 Å². The highest BCUT2D eigenvalue weighted by Gasteiger charge is 2.04. The summed E-state index contributed by atoms with van der Waals surface area (Å²) in [7, 11) is 0. The van der Waals surface area contributed by atoms with Crippen molar-refractivity contribution in [3.8, 4) is 0 Å². The zero-order valence-electron chi connectivity index (χ0n) is 12.2. The minimum Gasteiger partial charge on any atom is -0.315 e. The van der Waals surface area contributed by atoms with E-state index < -0.39 is 0 Å². The van der Waals surface area contributed by atoms with Crippen LogP contribution in [-0.2, 0) is 19.5 Å². The fraction of sp³-hybridized carbons (Fsp3) is 0.467. The lowest BCUT2D eigenvalue weighted by Crippen LogP contribution is -2.41. The summed E-state index contributed by atoms with van der Waals surface area (Å²) in [4.78, 5) is 23.9. The van der Waals surface area contributed by atoms with Gasteiger partial charge in [-0.15, -0.1) is 0 Å². The Morgan fingerprint density at radius 3 is 2.76 bits per heavy atom. The van der Waals surface area contributed by atoms with Gasteiger partial charge in [0.15, 0.2) is 0 Å². The van der Waals surface area contributed by atoms with E-state index in [9.17, 15) is 9.59 Å². The molecule has 0 saturated heterocycles. The number of nitrogens with one attached hydrogen (secondary N) is 1. The van der Waals surface area contributed by atoms with Gasteiger partial charge in [0, 0.05) is 31.9 Å². The molecule has 0 spiro atoms. The minimum absolute atomic E-state index is 0.219. The minimum atomic E-state index is -0.230. The predicted molar refractivity (Wildman–Crippen MR) is 86.1 cm³/mol. The predicted octanol–water partition coefficient (Wildman–Crippen LogP) is 1.31. The van der Waals surface area contributed by atoms with Crippen LogP contribution >= 0.6 is 11.3 Å². The summed E-state index contributed by atoms with van der Waals surface area (Å²) in [5, 5.41) is 7.47. The largest absolute Gasteiger partial charge is 0.331 e. The van der Waals surface area contributed by atoms with Crippen molar-refractivity contribution < 1.29 is 0 Å². The molecule has 0 bridgehead atoms. The van der Waals surface area contributed by atoms with Crippen LogP contribution in [0.5, 0.6) is 0 Å². The van der Waals surface area contributed by atoms with E-state index in [-0.39, 0.29) is 11.2 Å². The topological polar surface area (TPSA) is 56.0 Å². The maximum Gasteiger partial charge on any atom is 0.331 e. The second kappa shape index (κ2) is 7.95. The Morgan fingerprint density at radius 2 is 2.05 bits per heavy atom. The molecule has 1 N–H and O–H groups in total. The molecular formula is C15H21N3O2S. The molecule has 2 aromatic rings. The lowest BCUT2D eigenvalue weighted by atomic mass is 10.2. The molecule has 0 aliphatic heterocycles. The molecule has 0 unspecified atom stereocenters. The van der Waals surface area contributed by atoms with E-state index in [2.05, 4.69) is 22.1 Å². The van der Waals surface area contributed by atoms with Gasteiger partial charge in [0.1, 0.15) is 0 Å². The second-order valence-electron chi connectivity index (χ2n) is 4.91. The van der Waals surface area contributed by atoms with Crippen LogP contribution in [0.4, 0.5) is 0 Å². The van der Waals surface area contributed by atoms with Crippen molar-refractivity contribution in [3.63, 3.8) is 0 Å². The van der Waals surface area contributed by atoms with Crippen molar-refractivity contribution in [1.29, 1.82) is 0 Å². The fourth-order valence-corrected chi connectivity index (χ4v) is 2.86. The van der Waals surface area contributed by atoms with Gasteiger partial charge in [-0.25, -0.2) is 4.79 Å². The highest BCUT2D eigenvalue weighted by atomic mass is 32.1. The summed E-state index contributed by atoms with van der Waals surface area (Å²) < 4.78 is 2.89. The van der Waals surface area contributed by atoms with Crippen LogP contribution in [0.1, 0.15) is 18.9 Å². The molecule has 21 heavy (non-hydrogen) atoms. The molecule has 0 radical (unpaired) electrons. The first-order valence-corrected chi connectivity index (χ1v) is 8.18. The van der Waals surface area contributed by atoms with Crippen LogP contribution in [0.2, 0.25) is 0 Å². The molecule has 2 rings (SSSR count). The van der Waals surface area contributed by atoms with Crippen molar-refractivity contribution in [2.45, 2.75) is 32.9 Å². The van der Waals surface area contributed by atoms with Gasteiger partial charge in [-0.3, -0.25) is 9.36 Å². The molecule has 0 amide bonds. The van der Waals surface area contributed by atoms with Crippen LogP contribution in [0.15, 0.2) is 38.7 Å². The zero-order chi connectivity index (χ0) is 15.1. The van der Waals surface area contributed by atoms with Crippen LogP contribution < -0.4 is 16.6 Å². The van der Waals surface area contributed by atoms with Gasteiger partial charge < -0.3 is 9.88 Å². The van der Waals surface area contributed by atoms with Crippen LogP contribution in [0.3, 0.4) is 0 Å². The molecule has 114 valence electrons. The highest BCUT2D eigenvalue weighted by molar-refractivity contribution is 7.07. The number of aromatic nitrogens is 2. The standard InChI is InChI=1S/C15H21N3O2S/c1-2-8-17-9-4-14(19)18(15(17)20)10-7-16-6-3-13-5-11-21-12-13/h4-5,9,11-12,16H,2-3,6-8,10H2,1H3. The van der Waals surface area contributed by atoms with Crippen LogP contribution in [-0.4, -0.2) is 22.2 Å². The molecule has 2 heterocycles. The number of aryl methyl sites for hydroxylation is 1. The van der Waals surface area contributed by atoms with E-state index in [1.165, 1.54) is 16.2 Å². The molecule has 0 aromatic carbocycles. The van der Waals surface area contributed by atoms with Crippen molar-refractivity contribution in [1.82, 2.24) is 14.5 Å². The summed E-state index contributed by atoms with van der Waals surface area (Å²) in [5.41, 5.74) is 0.866. The van der Waals surface area contributed by atoms with Crippen LogP contribution in [0.25, 0.3) is 0 Å². The normalized spacial score (nSPS) is 10.9.